The predicted octanol–water partition coefficient (Wildman–Crippen LogP) is 4.58. The van der Waals surface area contributed by atoms with Crippen molar-refractivity contribution >= 4 is 23.2 Å². The molecular weight excluding hydrogens is 459 g/mol. The first-order valence-electron chi connectivity index (χ1n) is 10.8. The van der Waals surface area contributed by atoms with E-state index in [0.717, 1.165) is 37.8 Å². The van der Waals surface area contributed by atoms with Crippen LogP contribution in [0.1, 0.15) is 60.4 Å². The smallest absolute Gasteiger partial charge is 0.484 e. The molecular formula is C22H26F3N3O4S. The first-order chi connectivity index (χ1) is 15.8. The van der Waals surface area contributed by atoms with E-state index in [1.807, 2.05) is 0 Å². The molecule has 11 heteroatoms. The molecule has 0 unspecified atom stereocenters. The van der Waals surface area contributed by atoms with Crippen molar-refractivity contribution in [3.05, 3.63) is 40.3 Å². The van der Waals surface area contributed by atoms with Gasteiger partial charge in [-0.25, -0.2) is 4.98 Å². The summed E-state index contributed by atoms with van der Waals surface area (Å²) in [5.74, 6) is -0.781. The highest BCUT2D eigenvalue weighted by atomic mass is 32.1. The normalized spacial score (nSPS) is 15.2. The summed E-state index contributed by atoms with van der Waals surface area (Å²) >= 11 is 1.28. The van der Waals surface area contributed by atoms with Crippen molar-refractivity contribution in [2.75, 3.05) is 6.61 Å². The number of carbonyl (C=O) groups is 2. The van der Waals surface area contributed by atoms with Crippen molar-refractivity contribution < 1.29 is 32.2 Å². The van der Waals surface area contributed by atoms with Gasteiger partial charge in [-0.05, 0) is 37.1 Å². The predicted molar refractivity (Wildman–Crippen MR) is 116 cm³/mol. The third kappa shape index (κ3) is 8.91. The first kappa shape index (κ1) is 24.8. The first-order valence-corrected chi connectivity index (χ1v) is 11.7. The van der Waals surface area contributed by atoms with Crippen molar-refractivity contribution in [1.29, 1.82) is 0 Å². The maximum Gasteiger partial charge on any atom is 0.573 e. The van der Waals surface area contributed by atoms with Crippen LogP contribution in [0.15, 0.2) is 29.6 Å². The van der Waals surface area contributed by atoms with Gasteiger partial charge >= 0.3 is 6.36 Å². The maximum atomic E-state index is 12.5. The third-order valence-corrected chi connectivity index (χ3v) is 5.94. The van der Waals surface area contributed by atoms with Crippen LogP contribution in [0.4, 0.5) is 13.2 Å². The van der Waals surface area contributed by atoms with Crippen molar-refractivity contribution in [1.82, 2.24) is 15.6 Å². The topological polar surface area (TPSA) is 89.6 Å². The van der Waals surface area contributed by atoms with E-state index in [4.69, 9.17) is 4.74 Å². The Hall–Kier alpha value is -2.82. The number of ether oxygens (including phenoxy) is 2. The molecule has 7 nitrogen and oxygen atoms in total. The van der Waals surface area contributed by atoms with Gasteiger partial charge in [0.05, 0.1) is 6.54 Å². The van der Waals surface area contributed by atoms with Crippen LogP contribution >= 0.6 is 11.3 Å². The molecule has 2 aromatic rings. The van der Waals surface area contributed by atoms with Gasteiger partial charge in [-0.15, -0.1) is 24.5 Å². The lowest BCUT2D eigenvalue weighted by Crippen LogP contribution is -2.35. The molecule has 2 amide bonds. The number of amides is 2. The molecule has 1 aliphatic carbocycles. The lowest BCUT2D eigenvalue weighted by atomic mass is 9.97. The van der Waals surface area contributed by atoms with E-state index < -0.39 is 12.3 Å². The summed E-state index contributed by atoms with van der Waals surface area (Å²) in [5, 5.41) is 7.95. The van der Waals surface area contributed by atoms with Crippen LogP contribution in [0.3, 0.4) is 0 Å². The highest BCUT2D eigenvalue weighted by Gasteiger charge is 2.31. The number of thiazole rings is 1. The van der Waals surface area contributed by atoms with E-state index in [-0.39, 0.29) is 36.6 Å². The molecule has 0 atom stereocenters. The number of hydrogen-bond acceptors (Lipinski definition) is 6. The fourth-order valence-electron chi connectivity index (χ4n) is 3.47. The van der Waals surface area contributed by atoms with E-state index in [1.54, 1.807) is 5.38 Å². The van der Waals surface area contributed by atoms with Crippen LogP contribution in [0.25, 0.3) is 0 Å². The number of carbonyl (C=O) groups excluding carboxylic acids is 2. The number of nitrogens with zero attached hydrogens (tertiary/aromatic N) is 1. The van der Waals surface area contributed by atoms with Gasteiger partial charge in [-0.2, -0.15) is 0 Å². The fraction of sp³-hybridized carbons (Fsp3) is 0.500. The quantitative estimate of drug-likeness (QED) is 0.571. The Balaban J connectivity index is 1.39. The standard InChI is InChI=1S/C22H26F3N3O4S/c23-22(24,25)32-17-10-8-16(9-11-17)31-13-19(29)26-12-20-28-18(14-33-20)21(30)27-15-6-4-2-1-3-5-7-15/h8-11,14-15H,1-7,12-13H2,(H,26,29)(H,27,30). The molecule has 3 rings (SSSR count). The Kier molecular flexibility index (Phi) is 8.93. The zero-order valence-electron chi connectivity index (χ0n) is 18.0. The monoisotopic (exact) mass is 485 g/mol. The van der Waals surface area contributed by atoms with Crippen molar-refractivity contribution in [3.63, 3.8) is 0 Å². The SMILES string of the molecule is O=C(COc1ccc(OC(F)(F)F)cc1)NCc1nc(C(=O)NC2CCCCCCC2)cs1. The maximum absolute atomic E-state index is 12.5. The third-order valence-electron chi connectivity index (χ3n) is 5.09. The average molecular weight is 486 g/mol. The molecule has 0 radical (unpaired) electrons. The molecule has 0 bridgehead atoms. The molecule has 0 spiro atoms. The van der Waals surface area contributed by atoms with E-state index in [0.29, 0.717) is 10.7 Å². The van der Waals surface area contributed by atoms with Crippen LogP contribution in [0.5, 0.6) is 11.5 Å². The van der Waals surface area contributed by atoms with Gasteiger partial charge in [-0.1, -0.05) is 32.1 Å². The Labute approximate surface area is 193 Å². The summed E-state index contributed by atoms with van der Waals surface area (Å²) in [6, 6.07) is 4.92. The number of hydrogen-bond donors (Lipinski definition) is 2. The molecule has 0 saturated heterocycles. The molecule has 1 heterocycles. The fourth-order valence-corrected chi connectivity index (χ4v) is 4.18. The van der Waals surface area contributed by atoms with Gasteiger partial charge in [-0.3, -0.25) is 9.59 Å². The summed E-state index contributed by atoms with van der Waals surface area (Å²) in [6.45, 7) is -0.179. The number of aromatic nitrogens is 1. The van der Waals surface area contributed by atoms with Gasteiger partial charge in [0.1, 0.15) is 22.2 Å². The lowest BCUT2D eigenvalue weighted by molar-refractivity contribution is -0.274. The largest absolute Gasteiger partial charge is 0.573 e. The van der Waals surface area contributed by atoms with Crippen LogP contribution in [-0.4, -0.2) is 35.8 Å². The summed E-state index contributed by atoms with van der Waals surface area (Å²) in [6.07, 6.45) is 3.10. The summed E-state index contributed by atoms with van der Waals surface area (Å²) in [4.78, 5) is 28.8. The lowest BCUT2D eigenvalue weighted by Gasteiger charge is -2.20. The Morgan fingerprint density at radius 1 is 1.03 bits per heavy atom. The zero-order chi connectivity index (χ0) is 23.7. The summed E-state index contributed by atoms with van der Waals surface area (Å²) in [7, 11) is 0. The van der Waals surface area contributed by atoms with Gasteiger partial charge < -0.3 is 20.1 Å². The minimum atomic E-state index is -4.77. The number of halogens is 3. The van der Waals surface area contributed by atoms with Crippen molar-refractivity contribution in [3.8, 4) is 11.5 Å². The molecule has 180 valence electrons. The van der Waals surface area contributed by atoms with Gasteiger partial charge in [0, 0.05) is 11.4 Å². The molecule has 0 aliphatic heterocycles. The van der Waals surface area contributed by atoms with E-state index in [9.17, 15) is 22.8 Å². The Bertz CT molecular complexity index is 910. The van der Waals surface area contributed by atoms with Gasteiger partial charge in [0.15, 0.2) is 6.61 Å². The summed E-state index contributed by atoms with van der Waals surface area (Å²) < 4.78 is 45.5. The molecule has 1 fully saturated rings. The molecule has 2 N–H and O–H groups in total. The summed E-state index contributed by atoms with van der Waals surface area (Å²) in [5.41, 5.74) is 0.337. The van der Waals surface area contributed by atoms with E-state index in [1.165, 1.54) is 42.7 Å². The zero-order valence-corrected chi connectivity index (χ0v) is 18.8. The van der Waals surface area contributed by atoms with Crippen LogP contribution in [0, 0.1) is 0 Å². The Morgan fingerprint density at radius 2 is 1.67 bits per heavy atom. The molecule has 1 aromatic heterocycles. The average Bonchev–Trinajstić information content (AvgIpc) is 3.22. The molecule has 1 aliphatic rings. The second-order valence-corrected chi connectivity index (χ2v) is 8.67. The van der Waals surface area contributed by atoms with Crippen LogP contribution in [-0.2, 0) is 11.3 Å². The highest BCUT2D eigenvalue weighted by Crippen LogP contribution is 2.24. The molecule has 33 heavy (non-hydrogen) atoms. The van der Waals surface area contributed by atoms with E-state index >= 15 is 0 Å². The second-order valence-electron chi connectivity index (χ2n) is 7.73. The van der Waals surface area contributed by atoms with Crippen LogP contribution < -0.4 is 20.1 Å². The number of rotatable bonds is 8. The van der Waals surface area contributed by atoms with Gasteiger partial charge in [0.25, 0.3) is 11.8 Å². The number of alkyl halides is 3. The van der Waals surface area contributed by atoms with Crippen LogP contribution in [0.2, 0.25) is 0 Å². The highest BCUT2D eigenvalue weighted by molar-refractivity contribution is 7.09. The minimum Gasteiger partial charge on any atom is -0.484 e. The second kappa shape index (κ2) is 11.9. The van der Waals surface area contributed by atoms with Crippen molar-refractivity contribution in [2.24, 2.45) is 0 Å². The van der Waals surface area contributed by atoms with E-state index in [2.05, 4.69) is 20.4 Å². The molecule has 1 aromatic carbocycles. The van der Waals surface area contributed by atoms with Gasteiger partial charge in [0.2, 0.25) is 0 Å². The Morgan fingerprint density at radius 3 is 2.33 bits per heavy atom. The number of benzene rings is 1. The number of nitrogens with one attached hydrogen (secondary N) is 2. The molecule has 1 saturated carbocycles. The minimum absolute atomic E-state index is 0.141. The van der Waals surface area contributed by atoms with Crippen molar-refractivity contribution in [2.45, 2.75) is 63.9 Å².